The number of benzene rings is 1. The molecule has 0 saturated carbocycles. The number of rotatable bonds is 2. The van der Waals surface area contributed by atoms with Crippen LogP contribution in [0.5, 0.6) is 0 Å². The number of nitrogens with two attached hydrogens (primary N) is 1. The lowest BCUT2D eigenvalue weighted by Crippen LogP contribution is -2.57. The van der Waals surface area contributed by atoms with Gasteiger partial charge in [-0.05, 0) is 17.7 Å². The number of carbonyl (C=O) groups excluding carboxylic acids is 1. The van der Waals surface area contributed by atoms with E-state index in [1.165, 1.54) is 0 Å². The van der Waals surface area contributed by atoms with Gasteiger partial charge in [0.05, 0.1) is 0 Å². The first-order valence-corrected chi connectivity index (χ1v) is 7.51. The van der Waals surface area contributed by atoms with Gasteiger partial charge in [0.1, 0.15) is 11.4 Å². The average molecular weight is 275 g/mol. The number of hydrogen-bond acceptors (Lipinski definition) is 3. The highest BCUT2D eigenvalue weighted by Gasteiger charge is 2.54. The van der Waals surface area contributed by atoms with E-state index in [1.54, 1.807) is 0 Å². The van der Waals surface area contributed by atoms with Crippen LogP contribution in [0, 0.1) is 0 Å². The zero-order chi connectivity index (χ0) is 13.5. The van der Waals surface area contributed by atoms with Crippen LogP contribution in [0.25, 0.3) is 0 Å². The van der Waals surface area contributed by atoms with Gasteiger partial charge in [0, 0.05) is 11.8 Å². The monoisotopic (exact) mass is 275 g/mol. The summed E-state index contributed by atoms with van der Waals surface area (Å²) in [5.41, 5.74) is 6.81. The summed E-state index contributed by atoms with van der Waals surface area (Å²) in [6.45, 7) is 2.71. The second-order valence-electron chi connectivity index (χ2n) is 5.04. The van der Waals surface area contributed by atoms with Crippen molar-refractivity contribution in [2.24, 2.45) is 10.7 Å². The molecule has 2 aliphatic rings. The lowest BCUT2D eigenvalue weighted by atomic mass is 9.90. The predicted molar refractivity (Wildman–Crippen MR) is 78.3 cm³/mol. The third kappa shape index (κ3) is 1.84. The van der Waals surface area contributed by atoms with Crippen molar-refractivity contribution in [3.8, 4) is 0 Å². The minimum absolute atomic E-state index is 0.198. The number of nitrogens with zero attached hydrogens (tertiary/aromatic N) is 2. The highest BCUT2D eigenvalue weighted by atomic mass is 32.2. The first kappa shape index (κ1) is 12.5. The molecule has 1 aromatic rings. The minimum atomic E-state index is -0.377. The van der Waals surface area contributed by atoms with Crippen LogP contribution in [0.15, 0.2) is 35.3 Å². The van der Waals surface area contributed by atoms with Crippen LogP contribution in [0.2, 0.25) is 0 Å². The first-order chi connectivity index (χ1) is 9.14. The summed E-state index contributed by atoms with van der Waals surface area (Å²) >= 11 is 1.86. The molecule has 4 nitrogen and oxygen atoms in total. The van der Waals surface area contributed by atoms with Crippen LogP contribution in [0.3, 0.4) is 0 Å². The Bertz CT molecular complexity index is 531. The predicted octanol–water partition coefficient (Wildman–Crippen LogP) is 2.24. The molecule has 1 spiro atoms. The van der Waals surface area contributed by atoms with Crippen LogP contribution in [0.4, 0.5) is 4.79 Å². The van der Waals surface area contributed by atoms with Crippen LogP contribution in [0.1, 0.15) is 18.9 Å². The van der Waals surface area contributed by atoms with Gasteiger partial charge in [-0.1, -0.05) is 37.3 Å². The van der Waals surface area contributed by atoms with Gasteiger partial charge in [-0.2, -0.15) is 16.8 Å². The maximum atomic E-state index is 12.1. The smallest absolute Gasteiger partial charge is 0.346 e. The standard InChI is InChI=1S/C14H17N3OS/c1-10-14(7-8-19-10)12(15)16-13(18)17(14)9-11-5-3-2-4-6-11/h2-6,10H,7-9H2,1H3,(H2,15,16,18). The van der Waals surface area contributed by atoms with E-state index >= 15 is 0 Å². The topological polar surface area (TPSA) is 58.7 Å². The molecule has 1 fully saturated rings. The van der Waals surface area contributed by atoms with Gasteiger partial charge in [-0.3, -0.25) is 0 Å². The molecule has 0 bridgehead atoms. The van der Waals surface area contributed by atoms with E-state index in [0.717, 1.165) is 17.7 Å². The fourth-order valence-electron chi connectivity index (χ4n) is 2.97. The van der Waals surface area contributed by atoms with E-state index in [0.29, 0.717) is 17.6 Å². The molecule has 2 heterocycles. The highest BCUT2D eigenvalue weighted by molar-refractivity contribution is 8.00. The summed E-state index contributed by atoms with van der Waals surface area (Å²) in [5, 5.41) is 0.298. The SMILES string of the molecule is CC1SCCC12C(N)=NC(=O)N2Cc1ccccc1. The van der Waals surface area contributed by atoms with Crippen molar-refractivity contribution in [1.29, 1.82) is 0 Å². The van der Waals surface area contributed by atoms with Crippen molar-refractivity contribution in [3.05, 3.63) is 35.9 Å². The Hall–Kier alpha value is -1.49. The van der Waals surface area contributed by atoms with Crippen LogP contribution in [-0.2, 0) is 6.54 Å². The fourth-order valence-corrected chi connectivity index (χ4v) is 4.39. The maximum absolute atomic E-state index is 12.1. The molecule has 2 atom stereocenters. The Morgan fingerprint density at radius 3 is 2.84 bits per heavy atom. The molecule has 1 saturated heterocycles. The lowest BCUT2D eigenvalue weighted by molar-refractivity contribution is 0.167. The molecule has 2 aliphatic heterocycles. The van der Waals surface area contributed by atoms with Gasteiger partial charge in [-0.15, -0.1) is 0 Å². The van der Waals surface area contributed by atoms with Crippen LogP contribution < -0.4 is 5.73 Å². The molecule has 2 unspecified atom stereocenters. The maximum Gasteiger partial charge on any atom is 0.346 e. The number of amidine groups is 1. The molecule has 0 aliphatic carbocycles. The van der Waals surface area contributed by atoms with Gasteiger partial charge in [-0.25, -0.2) is 4.79 Å². The third-order valence-corrected chi connectivity index (χ3v) is 5.41. The van der Waals surface area contributed by atoms with Gasteiger partial charge < -0.3 is 10.6 Å². The second kappa shape index (κ2) is 4.56. The van der Waals surface area contributed by atoms with Crippen molar-refractivity contribution in [2.45, 2.75) is 30.7 Å². The number of thioether (sulfide) groups is 1. The van der Waals surface area contributed by atoms with Gasteiger partial charge in [0.25, 0.3) is 0 Å². The van der Waals surface area contributed by atoms with Crippen molar-refractivity contribution >= 4 is 23.6 Å². The quantitative estimate of drug-likeness (QED) is 0.900. The number of hydrogen-bond donors (Lipinski definition) is 1. The van der Waals surface area contributed by atoms with E-state index in [1.807, 2.05) is 47.0 Å². The normalized spacial score (nSPS) is 30.2. The summed E-state index contributed by atoms with van der Waals surface area (Å²) in [4.78, 5) is 18.0. The molecule has 1 aromatic carbocycles. The van der Waals surface area contributed by atoms with E-state index in [9.17, 15) is 4.79 Å². The number of carbonyl (C=O) groups is 1. The summed E-state index contributed by atoms with van der Waals surface area (Å²) in [6, 6.07) is 9.81. The zero-order valence-corrected chi connectivity index (χ0v) is 11.7. The molecule has 0 radical (unpaired) electrons. The molecule has 100 valence electrons. The number of aliphatic imine (C=N–C) groups is 1. The van der Waals surface area contributed by atoms with Crippen LogP contribution >= 0.6 is 11.8 Å². The molecule has 3 rings (SSSR count). The third-order valence-electron chi connectivity index (χ3n) is 4.08. The Morgan fingerprint density at radius 1 is 1.47 bits per heavy atom. The highest BCUT2D eigenvalue weighted by Crippen LogP contribution is 2.43. The zero-order valence-electron chi connectivity index (χ0n) is 10.9. The lowest BCUT2D eigenvalue weighted by Gasteiger charge is -2.37. The summed E-state index contributed by atoms with van der Waals surface area (Å²) < 4.78 is 0. The summed E-state index contributed by atoms with van der Waals surface area (Å²) in [7, 11) is 0. The average Bonchev–Trinajstić information content (AvgIpc) is 2.89. The molecule has 2 N–H and O–H groups in total. The van der Waals surface area contributed by atoms with Crippen molar-refractivity contribution in [3.63, 3.8) is 0 Å². The van der Waals surface area contributed by atoms with Gasteiger partial charge in [0.15, 0.2) is 0 Å². The largest absolute Gasteiger partial charge is 0.385 e. The molecule has 0 aromatic heterocycles. The molecular weight excluding hydrogens is 258 g/mol. The van der Waals surface area contributed by atoms with E-state index in [4.69, 9.17) is 5.73 Å². The summed E-state index contributed by atoms with van der Waals surface area (Å²) in [6.07, 6.45) is 0.896. The first-order valence-electron chi connectivity index (χ1n) is 6.46. The Balaban J connectivity index is 1.93. The van der Waals surface area contributed by atoms with Gasteiger partial charge in [0.2, 0.25) is 0 Å². The fraction of sp³-hybridized carbons (Fsp3) is 0.429. The number of amides is 2. The number of urea groups is 1. The van der Waals surface area contributed by atoms with E-state index in [2.05, 4.69) is 11.9 Å². The molecular formula is C14H17N3OS. The van der Waals surface area contributed by atoms with Crippen molar-refractivity contribution < 1.29 is 4.79 Å². The second-order valence-corrected chi connectivity index (χ2v) is 6.49. The molecule has 19 heavy (non-hydrogen) atoms. The molecule has 5 heteroatoms. The minimum Gasteiger partial charge on any atom is -0.385 e. The van der Waals surface area contributed by atoms with Crippen molar-refractivity contribution in [1.82, 2.24) is 4.90 Å². The van der Waals surface area contributed by atoms with Crippen molar-refractivity contribution in [2.75, 3.05) is 5.75 Å². The van der Waals surface area contributed by atoms with E-state index < -0.39 is 0 Å². The Kier molecular flexibility index (Phi) is 3.01. The van der Waals surface area contributed by atoms with Gasteiger partial charge >= 0.3 is 6.03 Å². The Labute approximate surface area is 117 Å². The van der Waals surface area contributed by atoms with E-state index in [-0.39, 0.29) is 11.6 Å². The Morgan fingerprint density at radius 2 is 2.21 bits per heavy atom. The summed E-state index contributed by atoms with van der Waals surface area (Å²) in [5.74, 6) is 1.52. The van der Waals surface area contributed by atoms with Crippen LogP contribution in [-0.4, -0.2) is 33.3 Å². The molecule has 2 amide bonds.